The molecule has 0 atom stereocenters. The lowest BCUT2D eigenvalue weighted by Gasteiger charge is -1.84. The Hall–Kier alpha value is -0.920. The van der Waals surface area contributed by atoms with E-state index in [1.807, 2.05) is 13.0 Å². The first-order valence-electron chi connectivity index (χ1n) is 2.51. The normalized spacial score (nSPS) is 17.6. The summed E-state index contributed by atoms with van der Waals surface area (Å²) in [5.74, 6) is 0. The number of hydrogen-bond acceptors (Lipinski definition) is 2. The second-order valence-electron chi connectivity index (χ2n) is 1.73. The molecule has 1 rings (SSSR count). The van der Waals surface area contributed by atoms with Crippen LogP contribution in [0.2, 0.25) is 0 Å². The van der Waals surface area contributed by atoms with Gasteiger partial charge in [0.2, 0.25) is 0 Å². The molecule has 0 unspecified atom stereocenters. The number of aldehydes is 1. The summed E-state index contributed by atoms with van der Waals surface area (Å²) in [6.45, 7) is 2.57. The molecule has 0 amide bonds. The van der Waals surface area contributed by atoms with Gasteiger partial charge >= 0.3 is 0 Å². The number of aliphatic imine (C=N–C) groups is 1. The Balaban J connectivity index is 2.81. The summed E-state index contributed by atoms with van der Waals surface area (Å²) in [4.78, 5) is 13.9. The lowest BCUT2D eigenvalue weighted by atomic mass is 10.2. The molecular weight excluding hydrogens is 102 g/mol. The van der Waals surface area contributed by atoms with Crippen molar-refractivity contribution in [3.8, 4) is 0 Å². The van der Waals surface area contributed by atoms with E-state index in [9.17, 15) is 4.79 Å². The van der Waals surface area contributed by atoms with Crippen molar-refractivity contribution in [2.45, 2.75) is 6.92 Å². The Labute approximate surface area is 47.9 Å². The van der Waals surface area contributed by atoms with Crippen molar-refractivity contribution < 1.29 is 4.79 Å². The topological polar surface area (TPSA) is 29.4 Å². The first kappa shape index (κ1) is 5.22. The fourth-order valence-electron chi connectivity index (χ4n) is 0.640. The molecule has 0 aromatic carbocycles. The van der Waals surface area contributed by atoms with Crippen LogP contribution >= 0.6 is 0 Å². The molecule has 0 saturated carbocycles. The van der Waals surface area contributed by atoms with E-state index in [0.29, 0.717) is 12.3 Å². The quantitative estimate of drug-likeness (QED) is 0.453. The van der Waals surface area contributed by atoms with E-state index >= 15 is 0 Å². The lowest BCUT2D eigenvalue weighted by molar-refractivity contribution is -0.102. The molecule has 1 heterocycles. The van der Waals surface area contributed by atoms with Crippen LogP contribution in [-0.4, -0.2) is 18.5 Å². The standard InChI is InChI=1S/C6H7NO/c1-5-2-3-7-6(5)4-8/h2,4H,3H2,1H3. The number of hydrogen-bond donors (Lipinski definition) is 0. The second kappa shape index (κ2) is 1.90. The van der Waals surface area contributed by atoms with E-state index in [1.54, 1.807) is 0 Å². The van der Waals surface area contributed by atoms with Crippen molar-refractivity contribution in [2.75, 3.05) is 6.54 Å². The summed E-state index contributed by atoms with van der Waals surface area (Å²) in [6.07, 6.45) is 2.72. The van der Waals surface area contributed by atoms with Gasteiger partial charge in [0.25, 0.3) is 0 Å². The highest BCUT2D eigenvalue weighted by molar-refractivity contribution is 6.36. The van der Waals surface area contributed by atoms with Crippen LogP contribution in [-0.2, 0) is 4.79 Å². The summed E-state index contributed by atoms with van der Waals surface area (Å²) in [5, 5.41) is 0. The van der Waals surface area contributed by atoms with Gasteiger partial charge in [-0.1, -0.05) is 6.08 Å². The average molecular weight is 109 g/mol. The SMILES string of the molecule is CC1=CCN=C1C=O. The van der Waals surface area contributed by atoms with Gasteiger partial charge in [-0.2, -0.15) is 0 Å². The molecule has 0 aromatic rings. The Bertz CT molecular complexity index is 167. The second-order valence-corrected chi connectivity index (χ2v) is 1.73. The van der Waals surface area contributed by atoms with Crippen LogP contribution in [0.4, 0.5) is 0 Å². The van der Waals surface area contributed by atoms with Gasteiger partial charge in [-0.3, -0.25) is 9.79 Å². The van der Waals surface area contributed by atoms with E-state index in [1.165, 1.54) is 0 Å². The zero-order valence-corrected chi connectivity index (χ0v) is 4.72. The molecular formula is C6H7NO. The molecule has 1 aliphatic heterocycles. The maximum atomic E-state index is 10.0. The van der Waals surface area contributed by atoms with Gasteiger partial charge in [0.05, 0.1) is 6.54 Å². The van der Waals surface area contributed by atoms with Gasteiger partial charge < -0.3 is 0 Å². The largest absolute Gasteiger partial charge is 0.296 e. The van der Waals surface area contributed by atoms with E-state index < -0.39 is 0 Å². The van der Waals surface area contributed by atoms with Crippen molar-refractivity contribution >= 4 is 12.0 Å². The van der Waals surface area contributed by atoms with Crippen LogP contribution in [0.1, 0.15) is 6.92 Å². The third-order valence-corrected chi connectivity index (χ3v) is 1.17. The monoisotopic (exact) mass is 109 g/mol. The van der Waals surface area contributed by atoms with Gasteiger partial charge in [-0.15, -0.1) is 0 Å². The minimum atomic E-state index is 0.602. The van der Waals surface area contributed by atoms with Crippen molar-refractivity contribution in [1.29, 1.82) is 0 Å². The minimum absolute atomic E-state index is 0.602. The molecule has 0 aliphatic carbocycles. The van der Waals surface area contributed by atoms with Crippen LogP contribution in [0.25, 0.3) is 0 Å². The van der Waals surface area contributed by atoms with Crippen molar-refractivity contribution in [1.82, 2.24) is 0 Å². The number of allylic oxidation sites excluding steroid dienone is 1. The van der Waals surface area contributed by atoms with Gasteiger partial charge in [0.15, 0.2) is 6.29 Å². The highest BCUT2D eigenvalue weighted by atomic mass is 16.1. The van der Waals surface area contributed by atoms with Gasteiger partial charge in [-0.05, 0) is 12.5 Å². The average Bonchev–Trinajstić information content (AvgIpc) is 2.14. The Morgan fingerprint density at radius 3 is 2.88 bits per heavy atom. The van der Waals surface area contributed by atoms with Crippen LogP contribution in [0, 0.1) is 0 Å². The third kappa shape index (κ3) is 0.689. The molecule has 2 nitrogen and oxygen atoms in total. The number of nitrogens with zero attached hydrogens (tertiary/aromatic N) is 1. The van der Waals surface area contributed by atoms with E-state index in [0.717, 1.165) is 11.9 Å². The fraction of sp³-hybridized carbons (Fsp3) is 0.333. The van der Waals surface area contributed by atoms with E-state index in [2.05, 4.69) is 4.99 Å². The van der Waals surface area contributed by atoms with Crippen LogP contribution < -0.4 is 0 Å². The summed E-state index contributed by atoms with van der Waals surface area (Å²) in [5.41, 5.74) is 1.60. The summed E-state index contributed by atoms with van der Waals surface area (Å²) < 4.78 is 0. The van der Waals surface area contributed by atoms with E-state index in [4.69, 9.17) is 0 Å². The molecule has 0 N–H and O–H groups in total. The Kier molecular flexibility index (Phi) is 1.24. The Morgan fingerprint density at radius 2 is 2.62 bits per heavy atom. The van der Waals surface area contributed by atoms with Crippen molar-refractivity contribution in [3.63, 3.8) is 0 Å². The molecule has 1 aliphatic rings. The highest BCUT2D eigenvalue weighted by Crippen LogP contribution is 2.01. The van der Waals surface area contributed by atoms with Crippen LogP contribution in [0.5, 0.6) is 0 Å². The van der Waals surface area contributed by atoms with Gasteiger partial charge in [-0.25, -0.2) is 0 Å². The van der Waals surface area contributed by atoms with Crippen LogP contribution in [0.15, 0.2) is 16.6 Å². The molecule has 0 saturated heterocycles. The molecule has 0 fully saturated rings. The molecule has 42 valence electrons. The molecule has 0 spiro atoms. The number of carbonyl (C=O) groups excluding carboxylic acids is 1. The van der Waals surface area contributed by atoms with Crippen LogP contribution in [0.3, 0.4) is 0 Å². The van der Waals surface area contributed by atoms with Crippen molar-refractivity contribution in [3.05, 3.63) is 11.6 Å². The number of rotatable bonds is 1. The Morgan fingerprint density at radius 1 is 1.88 bits per heavy atom. The molecule has 0 aromatic heterocycles. The predicted molar refractivity (Wildman–Crippen MR) is 32.1 cm³/mol. The highest BCUT2D eigenvalue weighted by Gasteiger charge is 2.02. The number of carbonyl (C=O) groups is 1. The summed E-state index contributed by atoms with van der Waals surface area (Å²) in [7, 11) is 0. The maximum Gasteiger partial charge on any atom is 0.168 e. The predicted octanol–water partition coefficient (Wildman–Crippen LogP) is 0.586. The maximum absolute atomic E-state index is 10.0. The minimum Gasteiger partial charge on any atom is -0.296 e. The summed E-state index contributed by atoms with van der Waals surface area (Å²) >= 11 is 0. The zero-order valence-electron chi connectivity index (χ0n) is 4.72. The van der Waals surface area contributed by atoms with Crippen molar-refractivity contribution in [2.24, 2.45) is 4.99 Å². The third-order valence-electron chi connectivity index (χ3n) is 1.17. The summed E-state index contributed by atoms with van der Waals surface area (Å²) in [6, 6.07) is 0. The molecule has 8 heavy (non-hydrogen) atoms. The smallest absolute Gasteiger partial charge is 0.168 e. The molecule has 0 radical (unpaired) electrons. The first-order chi connectivity index (χ1) is 3.84. The fourth-order valence-corrected chi connectivity index (χ4v) is 0.640. The molecule has 2 heteroatoms. The van der Waals surface area contributed by atoms with Gasteiger partial charge in [0.1, 0.15) is 5.71 Å². The van der Waals surface area contributed by atoms with E-state index in [-0.39, 0.29) is 0 Å². The molecule has 0 bridgehead atoms. The first-order valence-corrected chi connectivity index (χ1v) is 2.51. The lowest BCUT2D eigenvalue weighted by Crippen LogP contribution is -1.95. The zero-order chi connectivity index (χ0) is 5.98. The van der Waals surface area contributed by atoms with Gasteiger partial charge in [0, 0.05) is 0 Å².